The van der Waals surface area contributed by atoms with E-state index >= 15 is 0 Å². The van der Waals surface area contributed by atoms with Crippen molar-refractivity contribution in [3.63, 3.8) is 0 Å². The fraction of sp³-hybridized carbons (Fsp3) is 0.714. The average molecular weight is 363 g/mol. The van der Waals surface area contributed by atoms with E-state index in [2.05, 4.69) is 26.1 Å². The zero-order chi connectivity index (χ0) is 19.5. The first-order valence-corrected chi connectivity index (χ1v) is 9.65. The van der Waals surface area contributed by atoms with E-state index in [0.29, 0.717) is 13.1 Å². The third kappa shape index (κ3) is 5.61. The quantitative estimate of drug-likeness (QED) is 0.766. The molecule has 0 radical (unpaired) electrons. The molecule has 2 rings (SSSR count). The molecule has 1 fully saturated rings. The Morgan fingerprint density at radius 1 is 1.31 bits per heavy atom. The predicted molar refractivity (Wildman–Crippen MR) is 104 cm³/mol. The number of allylic oxidation sites excluding steroid dienone is 3. The Kier molecular flexibility index (Phi) is 6.20. The van der Waals surface area contributed by atoms with Gasteiger partial charge in [-0.25, -0.2) is 4.79 Å². The second-order valence-corrected chi connectivity index (χ2v) is 9.18. The summed E-state index contributed by atoms with van der Waals surface area (Å²) in [6.07, 6.45) is 7.53. The largest absolute Gasteiger partial charge is 0.444 e. The number of nitrogens with zero attached hydrogens (tertiary/aromatic N) is 1. The van der Waals surface area contributed by atoms with Crippen molar-refractivity contribution >= 4 is 12.0 Å². The summed E-state index contributed by atoms with van der Waals surface area (Å²) in [4.78, 5) is 26.2. The molecule has 1 N–H and O–H groups in total. The van der Waals surface area contributed by atoms with Gasteiger partial charge in [0.1, 0.15) is 5.60 Å². The van der Waals surface area contributed by atoms with E-state index in [9.17, 15) is 9.59 Å². The summed E-state index contributed by atoms with van der Waals surface area (Å²) in [7, 11) is 0. The van der Waals surface area contributed by atoms with Gasteiger partial charge in [0.05, 0.1) is 6.04 Å². The summed E-state index contributed by atoms with van der Waals surface area (Å²) in [6.45, 7) is 13.4. The summed E-state index contributed by atoms with van der Waals surface area (Å²) in [5.74, 6) is 0.0140. The molecule has 5 nitrogen and oxygen atoms in total. The molecule has 0 unspecified atom stereocenters. The van der Waals surface area contributed by atoms with E-state index in [4.69, 9.17) is 4.74 Å². The Balaban J connectivity index is 1.90. The summed E-state index contributed by atoms with van der Waals surface area (Å²) in [5, 5.41) is 2.86. The molecule has 0 bridgehead atoms. The van der Waals surface area contributed by atoms with Gasteiger partial charge >= 0.3 is 6.09 Å². The second-order valence-electron chi connectivity index (χ2n) is 9.18. The fourth-order valence-corrected chi connectivity index (χ4v) is 3.82. The van der Waals surface area contributed by atoms with Gasteiger partial charge in [0.2, 0.25) is 5.91 Å². The average Bonchev–Trinajstić information content (AvgIpc) is 2.92. The topological polar surface area (TPSA) is 58.6 Å². The van der Waals surface area contributed by atoms with Crippen LogP contribution in [0.4, 0.5) is 4.79 Å². The third-order valence-corrected chi connectivity index (χ3v) is 5.16. The van der Waals surface area contributed by atoms with Crippen LogP contribution >= 0.6 is 0 Å². The van der Waals surface area contributed by atoms with Gasteiger partial charge in [-0.15, -0.1) is 0 Å². The van der Waals surface area contributed by atoms with Gasteiger partial charge in [-0.3, -0.25) is 4.79 Å². The standard InChI is InChI=1S/C21H34N2O3/c1-15-8-7-12-21(5,6)17(15)9-10-18(24)23-13-11-16(14-23)22-19(25)26-20(2,3)4/h9-10,16H,7-8,11-14H2,1-6H3,(H,22,25)/b10-9+/t16-/m0/s1. The van der Waals surface area contributed by atoms with Crippen molar-refractivity contribution in [3.05, 3.63) is 23.3 Å². The third-order valence-electron chi connectivity index (χ3n) is 5.16. The van der Waals surface area contributed by atoms with E-state index < -0.39 is 11.7 Å². The van der Waals surface area contributed by atoms with Crippen LogP contribution in [0.5, 0.6) is 0 Å². The maximum absolute atomic E-state index is 12.5. The normalized spacial score (nSPS) is 23.5. The van der Waals surface area contributed by atoms with Crippen LogP contribution in [0, 0.1) is 5.41 Å². The van der Waals surface area contributed by atoms with E-state index in [-0.39, 0.29) is 17.4 Å². The number of alkyl carbamates (subject to hydrolysis) is 1. The molecule has 0 aromatic carbocycles. The van der Waals surface area contributed by atoms with Crippen molar-refractivity contribution in [1.29, 1.82) is 0 Å². The first-order chi connectivity index (χ1) is 12.0. The Labute approximate surface area is 157 Å². The highest BCUT2D eigenvalue weighted by molar-refractivity contribution is 5.88. The van der Waals surface area contributed by atoms with Crippen molar-refractivity contribution in [1.82, 2.24) is 10.2 Å². The number of rotatable bonds is 3. The lowest BCUT2D eigenvalue weighted by molar-refractivity contribution is -0.125. The number of nitrogens with one attached hydrogen (secondary N) is 1. The molecule has 1 saturated heterocycles. The zero-order valence-electron chi connectivity index (χ0n) is 17.1. The fourth-order valence-electron chi connectivity index (χ4n) is 3.82. The number of hydrogen-bond acceptors (Lipinski definition) is 3. The molecule has 26 heavy (non-hydrogen) atoms. The number of hydrogen-bond donors (Lipinski definition) is 1. The maximum Gasteiger partial charge on any atom is 0.407 e. The van der Waals surface area contributed by atoms with Crippen LogP contribution in [-0.2, 0) is 9.53 Å². The first kappa shape index (κ1) is 20.5. The maximum atomic E-state index is 12.5. The molecule has 2 amide bonds. The predicted octanol–water partition coefficient (Wildman–Crippen LogP) is 4.19. The van der Waals surface area contributed by atoms with Crippen LogP contribution in [0.15, 0.2) is 23.3 Å². The highest BCUT2D eigenvalue weighted by Crippen LogP contribution is 2.40. The molecule has 2 aliphatic rings. The minimum absolute atomic E-state index is 0.0140. The van der Waals surface area contributed by atoms with Gasteiger partial charge < -0.3 is 15.0 Å². The monoisotopic (exact) mass is 362 g/mol. The van der Waals surface area contributed by atoms with Gasteiger partial charge in [-0.05, 0) is 64.4 Å². The number of carbonyl (C=O) groups is 2. The van der Waals surface area contributed by atoms with Crippen molar-refractivity contribution in [3.8, 4) is 0 Å². The van der Waals surface area contributed by atoms with Crippen molar-refractivity contribution in [2.24, 2.45) is 5.41 Å². The van der Waals surface area contributed by atoms with Crippen LogP contribution in [-0.4, -0.2) is 41.6 Å². The van der Waals surface area contributed by atoms with Crippen LogP contribution in [0.1, 0.15) is 67.2 Å². The molecule has 0 aromatic rings. The molecule has 1 aliphatic heterocycles. The van der Waals surface area contributed by atoms with Crippen molar-refractivity contribution in [2.75, 3.05) is 13.1 Å². The van der Waals surface area contributed by atoms with E-state index in [1.807, 2.05) is 26.8 Å². The second kappa shape index (κ2) is 7.85. The van der Waals surface area contributed by atoms with Crippen LogP contribution in [0.2, 0.25) is 0 Å². The molecule has 1 atom stereocenters. The smallest absolute Gasteiger partial charge is 0.407 e. The van der Waals surface area contributed by atoms with E-state index in [0.717, 1.165) is 19.3 Å². The molecule has 1 aliphatic carbocycles. The number of ether oxygens (including phenoxy) is 1. The molecular weight excluding hydrogens is 328 g/mol. The lowest BCUT2D eigenvalue weighted by Gasteiger charge is -2.33. The van der Waals surface area contributed by atoms with E-state index in [1.165, 1.54) is 17.6 Å². The van der Waals surface area contributed by atoms with Crippen LogP contribution in [0.25, 0.3) is 0 Å². The van der Waals surface area contributed by atoms with Gasteiger partial charge in [0.15, 0.2) is 0 Å². The van der Waals surface area contributed by atoms with Gasteiger partial charge in [0.25, 0.3) is 0 Å². The minimum Gasteiger partial charge on any atom is -0.444 e. The Morgan fingerprint density at radius 3 is 2.62 bits per heavy atom. The Hall–Kier alpha value is -1.78. The van der Waals surface area contributed by atoms with E-state index in [1.54, 1.807) is 11.0 Å². The molecule has 146 valence electrons. The zero-order valence-corrected chi connectivity index (χ0v) is 17.1. The summed E-state index contributed by atoms with van der Waals surface area (Å²) in [6, 6.07) is -0.0470. The van der Waals surface area contributed by atoms with Gasteiger partial charge in [0, 0.05) is 19.2 Å². The lowest BCUT2D eigenvalue weighted by atomic mass is 9.72. The molecular formula is C21H34N2O3. The Morgan fingerprint density at radius 2 is 2.00 bits per heavy atom. The molecule has 0 saturated carbocycles. The highest BCUT2D eigenvalue weighted by Gasteiger charge is 2.29. The number of carbonyl (C=O) groups excluding carboxylic acids is 2. The summed E-state index contributed by atoms with van der Waals surface area (Å²) in [5.41, 5.74) is 2.29. The SMILES string of the molecule is CC1=C(/C=C/C(=O)N2CC[C@H](NC(=O)OC(C)(C)C)C2)C(C)(C)CCC1. The van der Waals surface area contributed by atoms with Gasteiger partial charge in [-0.1, -0.05) is 25.5 Å². The summed E-state index contributed by atoms with van der Waals surface area (Å²) < 4.78 is 5.28. The number of amides is 2. The lowest BCUT2D eigenvalue weighted by Crippen LogP contribution is -2.41. The van der Waals surface area contributed by atoms with Crippen LogP contribution < -0.4 is 5.32 Å². The first-order valence-electron chi connectivity index (χ1n) is 9.65. The summed E-state index contributed by atoms with van der Waals surface area (Å²) >= 11 is 0. The van der Waals surface area contributed by atoms with Crippen LogP contribution in [0.3, 0.4) is 0 Å². The molecule has 0 aromatic heterocycles. The molecule has 0 spiro atoms. The highest BCUT2D eigenvalue weighted by atomic mass is 16.6. The minimum atomic E-state index is -0.515. The van der Waals surface area contributed by atoms with Crippen molar-refractivity contribution in [2.45, 2.75) is 78.9 Å². The Bertz CT molecular complexity index is 611. The van der Waals surface area contributed by atoms with Crippen molar-refractivity contribution < 1.29 is 14.3 Å². The molecule has 1 heterocycles. The van der Waals surface area contributed by atoms with Gasteiger partial charge in [-0.2, -0.15) is 0 Å². The molecule has 5 heteroatoms. The number of likely N-dealkylation sites (tertiary alicyclic amines) is 1.